The van der Waals surface area contributed by atoms with Gasteiger partial charge in [0, 0.05) is 5.54 Å². The number of hydrogen-bond acceptors (Lipinski definition) is 2. The Bertz CT molecular complexity index is 75.5. The molecule has 0 aliphatic rings. The molecule has 0 bridgehead atoms. The van der Waals surface area contributed by atoms with Crippen molar-refractivity contribution in [1.29, 1.82) is 0 Å². The Morgan fingerprint density at radius 3 is 2.56 bits per heavy atom. The maximum atomic E-state index is 11.5. The van der Waals surface area contributed by atoms with Gasteiger partial charge >= 0.3 is 0 Å². The van der Waals surface area contributed by atoms with Crippen LogP contribution in [0.3, 0.4) is 0 Å². The molecule has 0 radical (unpaired) electrons. The number of halogens is 1. The highest BCUT2D eigenvalue weighted by atomic mass is 19.1. The predicted octanol–water partition coefficient (Wildman–Crippen LogP) is 0.446. The largest absolute Gasteiger partial charge is 0.394 e. The minimum Gasteiger partial charge on any atom is -0.394 e. The molecular weight excluding hydrogens is 121 g/mol. The summed E-state index contributed by atoms with van der Waals surface area (Å²) in [5.74, 6) is 0. The van der Waals surface area contributed by atoms with E-state index in [-0.39, 0.29) is 13.3 Å². The molecule has 0 fully saturated rings. The molecule has 0 aromatic heterocycles. The molecule has 3 heteroatoms. The third-order valence-electron chi connectivity index (χ3n) is 1.24. The van der Waals surface area contributed by atoms with Crippen LogP contribution in [0.15, 0.2) is 0 Å². The lowest BCUT2D eigenvalue weighted by atomic mass is 9.99. The summed E-state index contributed by atoms with van der Waals surface area (Å²) >= 11 is 0. The summed E-state index contributed by atoms with van der Waals surface area (Å²) in [6.45, 7) is 1.28. The van der Waals surface area contributed by atoms with Crippen molar-refractivity contribution in [2.75, 3.05) is 13.3 Å². The van der Waals surface area contributed by atoms with Crippen molar-refractivity contribution in [1.82, 2.24) is 0 Å². The maximum Gasteiger partial charge on any atom is 0.0895 e. The van der Waals surface area contributed by atoms with E-state index in [4.69, 9.17) is 10.8 Å². The van der Waals surface area contributed by atoms with Crippen LogP contribution in [-0.2, 0) is 0 Å². The topological polar surface area (TPSA) is 46.2 Å². The molecule has 9 heavy (non-hydrogen) atoms. The van der Waals surface area contributed by atoms with Crippen molar-refractivity contribution in [2.45, 2.75) is 25.3 Å². The maximum absolute atomic E-state index is 11.5. The van der Waals surface area contributed by atoms with E-state index in [1.807, 2.05) is 0 Å². The van der Waals surface area contributed by atoms with Crippen molar-refractivity contribution in [3.05, 3.63) is 0 Å². The molecule has 1 atom stereocenters. The molecule has 0 saturated carbocycles. The Kier molecular flexibility index (Phi) is 3.73. The highest BCUT2D eigenvalue weighted by Gasteiger charge is 2.15. The molecule has 2 nitrogen and oxygen atoms in total. The fourth-order valence-corrected chi connectivity index (χ4v) is 0.550. The molecule has 3 N–H and O–H groups in total. The lowest BCUT2D eigenvalue weighted by molar-refractivity contribution is 0.195. The molecule has 56 valence electrons. The third kappa shape index (κ3) is 4.36. The van der Waals surface area contributed by atoms with Gasteiger partial charge < -0.3 is 10.8 Å². The molecule has 0 amide bonds. The quantitative estimate of drug-likeness (QED) is 0.587. The van der Waals surface area contributed by atoms with Crippen molar-refractivity contribution in [2.24, 2.45) is 5.73 Å². The fraction of sp³-hybridized carbons (Fsp3) is 1.00. The van der Waals surface area contributed by atoms with Gasteiger partial charge in [-0.3, -0.25) is 4.39 Å². The van der Waals surface area contributed by atoms with E-state index in [1.54, 1.807) is 6.92 Å². The van der Waals surface area contributed by atoms with Gasteiger partial charge in [0.15, 0.2) is 0 Å². The molecule has 0 spiro atoms. The zero-order valence-corrected chi connectivity index (χ0v) is 5.73. The van der Waals surface area contributed by atoms with Crippen molar-refractivity contribution in [3.63, 3.8) is 0 Å². The molecule has 0 rings (SSSR count). The Morgan fingerprint density at radius 2 is 2.22 bits per heavy atom. The highest BCUT2D eigenvalue weighted by Crippen LogP contribution is 2.06. The van der Waals surface area contributed by atoms with Gasteiger partial charge in [-0.1, -0.05) is 0 Å². The van der Waals surface area contributed by atoms with Crippen molar-refractivity contribution < 1.29 is 9.50 Å². The van der Waals surface area contributed by atoms with Gasteiger partial charge in [-0.2, -0.15) is 0 Å². The van der Waals surface area contributed by atoms with Gasteiger partial charge in [0.05, 0.1) is 13.3 Å². The number of hydrogen-bond donors (Lipinski definition) is 2. The van der Waals surface area contributed by atoms with Gasteiger partial charge in [-0.05, 0) is 19.8 Å². The first-order chi connectivity index (χ1) is 4.12. The molecule has 0 aromatic carbocycles. The normalized spacial score (nSPS) is 17.3. The van der Waals surface area contributed by atoms with Gasteiger partial charge in [0.2, 0.25) is 0 Å². The Morgan fingerprint density at radius 1 is 1.67 bits per heavy atom. The van der Waals surface area contributed by atoms with E-state index < -0.39 is 5.54 Å². The van der Waals surface area contributed by atoms with Gasteiger partial charge in [-0.25, -0.2) is 0 Å². The van der Waals surface area contributed by atoms with E-state index in [9.17, 15) is 4.39 Å². The van der Waals surface area contributed by atoms with Crippen LogP contribution in [0.25, 0.3) is 0 Å². The second-order valence-electron chi connectivity index (χ2n) is 2.60. The molecule has 0 aromatic rings. The SMILES string of the molecule is CC(N)(CO)CCCF. The molecule has 0 saturated heterocycles. The summed E-state index contributed by atoms with van der Waals surface area (Å²) in [6, 6.07) is 0. The highest BCUT2D eigenvalue weighted by molar-refractivity contribution is 4.76. The molecule has 1 unspecified atom stereocenters. The number of nitrogens with two attached hydrogens (primary N) is 1. The first-order valence-corrected chi connectivity index (χ1v) is 3.08. The summed E-state index contributed by atoms with van der Waals surface area (Å²) < 4.78 is 11.5. The third-order valence-corrected chi connectivity index (χ3v) is 1.24. The monoisotopic (exact) mass is 135 g/mol. The average molecular weight is 135 g/mol. The Hall–Kier alpha value is -0.150. The van der Waals surface area contributed by atoms with Crippen molar-refractivity contribution >= 4 is 0 Å². The zero-order chi connectivity index (χ0) is 7.33. The molecule has 0 heterocycles. The standard InChI is InChI=1S/C6H14FNO/c1-6(8,5-9)3-2-4-7/h9H,2-5,8H2,1H3. The molecular formula is C6H14FNO. The van der Waals surface area contributed by atoms with Crippen LogP contribution in [0, 0.1) is 0 Å². The van der Waals surface area contributed by atoms with E-state index in [0.717, 1.165) is 0 Å². The van der Waals surface area contributed by atoms with Crippen LogP contribution in [0.4, 0.5) is 4.39 Å². The Balaban J connectivity index is 3.33. The summed E-state index contributed by atoms with van der Waals surface area (Å²) in [6.07, 6.45) is 0.980. The smallest absolute Gasteiger partial charge is 0.0895 e. The van der Waals surface area contributed by atoms with Crippen LogP contribution >= 0.6 is 0 Å². The first kappa shape index (κ1) is 8.85. The Labute approximate surface area is 54.9 Å². The predicted molar refractivity (Wildman–Crippen MR) is 34.9 cm³/mol. The van der Waals surface area contributed by atoms with E-state index in [1.165, 1.54) is 0 Å². The fourth-order valence-electron chi connectivity index (χ4n) is 0.550. The second-order valence-corrected chi connectivity index (χ2v) is 2.60. The van der Waals surface area contributed by atoms with Gasteiger partial charge in [0.1, 0.15) is 0 Å². The summed E-state index contributed by atoms with van der Waals surface area (Å²) in [4.78, 5) is 0. The minimum atomic E-state index is -0.591. The summed E-state index contributed by atoms with van der Waals surface area (Å²) in [5.41, 5.74) is 4.89. The van der Waals surface area contributed by atoms with Crippen LogP contribution in [0.2, 0.25) is 0 Å². The number of alkyl halides is 1. The van der Waals surface area contributed by atoms with Crippen LogP contribution in [0.5, 0.6) is 0 Å². The number of aliphatic hydroxyl groups is 1. The van der Waals surface area contributed by atoms with Gasteiger partial charge in [-0.15, -0.1) is 0 Å². The van der Waals surface area contributed by atoms with Gasteiger partial charge in [0.25, 0.3) is 0 Å². The zero-order valence-electron chi connectivity index (χ0n) is 5.73. The number of aliphatic hydroxyl groups excluding tert-OH is 1. The minimum absolute atomic E-state index is 0.0764. The average Bonchev–Trinajstić information content (AvgIpc) is 1.84. The first-order valence-electron chi connectivity index (χ1n) is 3.08. The van der Waals surface area contributed by atoms with Crippen LogP contribution in [0.1, 0.15) is 19.8 Å². The summed E-state index contributed by atoms with van der Waals surface area (Å²) in [7, 11) is 0. The lowest BCUT2D eigenvalue weighted by Crippen LogP contribution is -2.40. The second kappa shape index (κ2) is 3.80. The lowest BCUT2D eigenvalue weighted by Gasteiger charge is -2.20. The molecule has 0 aliphatic carbocycles. The number of rotatable bonds is 4. The van der Waals surface area contributed by atoms with E-state index >= 15 is 0 Å². The molecule has 0 aliphatic heterocycles. The summed E-state index contributed by atoms with van der Waals surface area (Å²) in [5, 5.41) is 8.57. The van der Waals surface area contributed by atoms with E-state index in [0.29, 0.717) is 12.8 Å². The van der Waals surface area contributed by atoms with Crippen LogP contribution in [-0.4, -0.2) is 23.9 Å². The van der Waals surface area contributed by atoms with E-state index in [2.05, 4.69) is 0 Å². The van der Waals surface area contributed by atoms with Crippen LogP contribution < -0.4 is 5.73 Å². The van der Waals surface area contributed by atoms with Crippen molar-refractivity contribution in [3.8, 4) is 0 Å².